The van der Waals surface area contributed by atoms with Crippen LogP contribution in [0.2, 0.25) is 0 Å². The number of hydrogen-bond acceptors (Lipinski definition) is 4. The van der Waals surface area contributed by atoms with E-state index in [2.05, 4.69) is 48.3 Å². The second-order valence-electron chi connectivity index (χ2n) is 5.62. The normalized spacial score (nSPS) is 21.6. The summed E-state index contributed by atoms with van der Waals surface area (Å²) < 4.78 is 4.89. The summed E-state index contributed by atoms with van der Waals surface area (Å²) in [5.41, 5.74) is 2.49. The van der Waals surface area contributed by atoms with E-state index in [1.807, 2.05) is 6.92 Å². The Bertz CT molecular complexity index is 475. The highest BCUT2D eigenvalue weighted by Crippen LogP contribution is 2.27. The Kier molecular flexibility index (Phi) is 4.65. The molecule has 0 saturated carbocycles. The Morgan fingerprint density at radius 2 is 2.10 bits per heavy atom. The molecule has 2 rings (SSSR count). The van der Waals surface area contributed by atoms with Crippen molar-refractivity contribution < 1.29 is 9.53 Å². The van der Waals surface area contributed by atoms with Crippen LogP contribution in [0.3, 0.4) is 0 Å². The maximum atomic E-state index is 11.8. The molecule has 20 heavy (non-hydrogen) atoms. The van der Waals surface area contributed by atoms with Crippen molar-refractivity contribution in [2.45, 2.75) is 39.4 Å². The van der Waals surface area contributed by atoms with Crippen LogP contribution in [-0.2, 0) is 16.1 Å². The minimum Gasteiger partial charge on any atom is -0.469 e. The quantitative estimate of drug-likeness (QED) is 0.859. The molecule has 0 aliphatic carbocycles. The van der Waals surface area contributed by atoms with Gasteiger partial charge in [-0.05, 0) is 32.4 Å². The number of benzene rings is 1. The maximum Gasteiger partial charge on any atom is 0.310 e. The Balaban J connectivity index is 2.31. The lowest BCUT2D eigenvalue weighted by molar-refractivity contribution is -0.145. The van der Waals surface area contributed by atoms with E-state index < -0.39 is 0 Å². The van der Waals surface area contributed by atoms with Gasteiger partial charge in [-0.3, -0.25) is 4.79 Å². The van der Waals surface area contributed by atoms with Gasteiger partial charge in [0.25, 0.3) is 0 Å². The van der Waals surface area contributed by atoms with Crippen molar-refractivity contribution in [3.8, 4) is 0 Å². The molecule has 1 heterocycles. The van der Waals surface area contributed by atoms with Crippen molar-refractivity contribution >= 4 is 11.7 Å². The van der Waals surface area contributed by atoms with Crippen LogP contribution in [0.5, 0.6) is 0 Å². The fourth-order valence-corrected chi connectivity index (χ4v) is 2.72. The topological polar surface area (TPSA) is 41.6 Å². The molecule has 1 N–H and O–H groups in total. The van der Waals surface area contributed by atoms with Gasteiger partial charge >= 0.3 is 5.97 Å². The Morgan fingerprint density at radius 3 is 2.80 bits per heavy atom. The molecular weight excluding hydrogens is 252 g/mol. The van der Waals surface area contributed by atoms with Crippen LogP contribution in [0.25, 0.3) is 0 Å². The molecule has 1 aliphatic heterocycles. The SMILES string of the molecule is COC(=O)C(C)C(C)N1CC(C)NCc2ccccc21. The summed E-state index contributed by atoms with van der Waals surface area (Å²) in [6.45, 7) is 7.96. The zero-order valence-electron chi connectivity index (χ0n) is 12.7. The standard InChI is InChI=1S/C16H24N2O2/c1-11-10-18(13(3)12(2)16(19)20-4)15-8-6-5-7-14(15)9-17-11/h5-8,11-13,17H,9-10H2,1-4H3. The van der Waals surface area contributed by atoms with Crippen LogP contribution in [0, 0.1) is 5.92 Å². The number of carbonyl (C=O) groups is 1. The molecule has 0 radical (unpaired) electrons. The summed E-state index contributed by atoms with van der Waals surface area (Å²) in [5.74, 6) is -0.307. The lowest BCUT2D eigenvalue weighted by Gasteiger charge is -2.35. The Morgan fingerprint density at radius 1 is 1.40 bits per heavy atom. The first kappa shape index (κ1) is 14.9. The van der Waals surface area contributed by atoms with Gasteiger partial charge in [-0.15, -0.1) is 0 Å². The van der Waals surface area contributed by atoms with E-state index in [0.29, 0.717) is 6.04 Å². The van der Waals surface area contributed by atoms with Gasteiger partial charge in [0.15, 0.2) is 0 Å². The summed E-state index contributed by atoms with van der Waals surface area (Å²) in [6, 6.07) is 8.87. The second-order valence-corrected chi connectivity index (χ2v) is 5.62. The summed E-state index contributed by atoms with van der Waals surface area (Å²) in [6.07, 6.45) is 0. The van der Waals surface area contributed by atoms with Gasteiger partial charge in [-0.1, -0.05) is 18.2 Å². The number of fused-ring (bicyclic) bond motifs is 1. The molecule has 3 unspecified atom stereocenters. The highest BCUT2D eigenvalue weighted by atomic mass is 16.5. The number of para-hydroxylation sites is 1. The van der Waals surface area contributed by atoms with Crippen LogP contribution in [0.1, 0.15) is 26.3 Å². The van der Waals surface area contributed by atoms with Crippen molar-refractivity contribution in [2.24, 2.45) is 5.92 Å². The molecule has 0 aromatic heterocycles. The molecule has 1 aliphatic rings. The first-order chi connectivity index (χ1) is 9.54. The molecule has 1 aromatic carbocycles. The predicted octanol–water partition coefficient (Wildman–Crippen LogP) is 2.18. The monoisotopic (exact) mass is 276 g/mol. The lowest BCUT2D eigenvalue weighted by atomic mass is 10.00. The van der Waals surface area contributed by atoms with Gasteiger partial charge in [0.05, 0.1) is 13.0 Å². The third-order valence-electron chi connectivity index (χ3n) is 4.20. The average molecular weight is 276 g/mol. The molecule has 3 atom stereocenters. The first-order valence-corrected chi connectivity index (χ1v) is 7.20. The smallest absolute Gasteiger partial charge is 0.310 e. The zero-order valence-corrected chi connectivity index (χ0v) is 12.7. The summed E-state index contributed by atoms with van der Waals surface area (Å²) >= 11 is 0. The highest BCUT2D eigenvalue weighted by molar-refractivity contribution is 5.73. The van der Waals surface area contributed by atoms with Crippen molar-refractivity contribution in [1.82, 2.24) is 5.32 Å². The molecule has 110 valence electrons. The molecule has 0 amide bonds. The van der Waals surface area contributed by atoms with Gasteiger partial charge < -0.3 is 15.0 Å². The van der Waals surface area contributed by atoms with E-state index in [1.54, 1.807) is 0 Å². The molecule has 4 heteroatoms. The number of rotatable bonds is 3. The number of anilines is 1. The van der Waals surface area contributed by atoms with E-state index in [4.69, 9.17) is 4.74 Å². The predicted molar refractivity (Wildman–Crippen MR) is 80.7 cm³/mol. The van der Waals surface area contributed by atoms with Crippen LogP contribution >= 0.6 is 0 Å². The fourth-order valence-electron chi connectivity index (χ4n) is 2.72. The number of ether oxygens (including phenoxy) is 1. The van der Waals surface area contributed by atoms with E-state index in [0.717, 1.165) is 13.1 Å². The fraction of sp³-hybridized carbons (Fsp3) is 0.562. The van der Waals surface area contributed by atoms with Crippen molar-refractivity contribution in [1.29, 1.82) is 0 Å². The summed E-state index contributed by atoms with van der Waals surface area (Å²) in [7, 11) is 1.45. The van der Waals surface area contributed by atoms with Crippen LogP contribution in [0.15, 0.2) is 24.3 Å². The summed E-state index contributed by atoms with van der Waals surface area (Å²) in [5, 5.41) is 3.51. The Labute approximate surface area is 121 Å². The van der Waals surface area contributed by atoms with E-state index in [1.165, 1.54) is 18.4 Å². The minimum atomic E-state index is -0.154. The molecule has 0 spiro atoms. The van der Waals surface area contributed by atoms with Gasteiger partial charge in [0.1, 0.15) is 0 Å². The third-order valence-corrected chi connectivity index (χ3v) is 4.20. The minimum absolute atomic E-state index is 0.103. The van der Waals surface area contributed by atoms with E-state index >= 15 is 0 Å². The van der Waals surface area contributed by atoms with Gasteiger partial charge in [-0.2, -0.15) is 0 Å². The number of nitrogens with zero attached hydrogens (tertiary/aromatic N) is 1. The first-order valence-electron chi connectivity index (χ1n) is 7.20. The molecule has 0 bridgehead atoms. The van der Waals surface area contributed by atoms with Gasteiger partial charge in [0.2, 0.25) is 0 Å². The van der Waals surface area contributed by atoms with Crippen LogP contribution < -0.4 is 10.2 Å². The Hall–Kier alpha value is -1.55. The number of carbonyl (C=O) groups excluding carboxylic acids is 1. The highest BCUT2D eigenvalue weighted by Gasteiger charge is 2.29. The van der Waals surface area contributed by atoms with Crippen LogP contribution in [-0.4, -0.2) is 31.7 Å². The van der Waals surface area contributed by atoms with E-state index in [9.17, 15) is 4.79 Å². The van der Waals surface area contributed by atoms with Crippen molar-refractivity contribution in [3.63, 3.8) is 0 Å². The van der Waals surface area contributed by atoms with E-state index in [-0.39, 0.29) is 17.9 Å². The number of nitrogens with one attached hydrogen (secondary N) is 1. The molecule has 0 saturated heterocycles. The molecule has 0 fully saturated rings. The number of methoxy groups -OCH3 is 1. The largest absolute Gasteiger partial charge is 0.469 e. The molecule has 1 aromatic rings. The number of esters is 1. The molecular formula is C16H24N2O2. The van der Waals surface area contributed by atoms with Crippen molar-refractivity contribution in [2.75, 3.05) is 18.6 Å². The second kappa shape index (κ2) is 6.27. The van der Waals surface area contributed by atoms with Gasteiger partial charge in [-0.25, -0.2) is 0 Å². The van der Waals surface area contributed by atoms with Crippen LogP contribution in [0.4, 0.5) is 5.69 Å². The maximum absolute atomic E-state index is 11.8. The average Bonchev–Trinajstić information content (AvgIpc) is 2.64. The summed E-state index contributed by atoms with van der Waals surface area (Å²) in [4.78, 5) is 14.1. The lowest BCUT2D eigenvalue weighted by Crippen LogP contribution is -2.45. The molecule has 4 nitrogen and oxygen atoms in total. The number of hydrogen-bond donors (Lipinski definition) is 1. The van der Waals surface area contributed by atoms with Gasteiger partial charge in [0, 0.05) is 30.9 Å². The van der Waals surface area contributed by atoms with Crippen molar-refractivity contribution in [3.05, 3.63) is 29.8 Å². The zero-order chi connectivity index (χ0) is 14.7. The third kappa shape index (κ3) is 2.96.